The Labute approximate surface area is 106 Å². The highest BCUT2D eigenvalue weighted by Gasteiger charge is 2.25. The number of allylic oxidation sites excluding steroid dienone is 1. The number of hydrogen-bond donors (Lipinski definition) is 1. The van der Waals surface area contributed by atoms with Gasteiger partial charge in [0, 0.05) is 13.1 Å². The van der Waals surface area contributed by atoms with Gasteiger partial charge in [-0.1, -0.05) is 23.8 Å². The average molecular weight is 276 g/mol. The maximum absolute atomic E-state index is 12.0. The van der Waals surface area contributed by atoms with Crippen molar-refractivity contribution >= 4 is 21.6 Å². The largest absolute Gasteiger partial charge is 0.324 e. The average Bonchev–Trinajstić information content (AvgIpc) is 2.61. The molecule has 0 amide bonds. The van der Waals surface area contributed by atoms with E-state index in [4.69, 9.17) is 11.6 Å². The standard InChI is InChI=1S/C10H14ClN3O2S/c1-14-7-12-10(9(14)11)17(15,16)13-8-5-3-2-4-6-8/h2-3,7-8,13H,4-6H2,1H3. The van der Waals surface area contributed by atoms with E-state index in [1.54, 1.807) is 7.05 Å². The number of halogens is 1. The van der Waals surface area contributed by atoms with Crippen molar-refractivity contribution in [3.63, 3.8) is 0 Å². The summed E-state index contributed by atoms with van der Waals surface area (Å²) in [4.78, 5) is 3.82. The normalized spacial score (nSPS) is 20.7. The van der Waals surface area contributed by atoms with Crippen LogP contribution in [0.25, 0.3) is 0 Å². The van der Waals surface area contributed by atoms with Crippen molar-refractivity contribution in [1.29, 1.82) is 0 Å². The quantitative estimate of drug-likeness (QED) is 0.850. The molecule has 0 saturated carbocycles. The summed E-state index contributed by atoms with van der Waals surface area (Å²) in [6.07, 6.45) is 7.83. The summed E-state index contributed by atoms with van der Waals surface area (Å²) in [7, 11) is -1.97. The predicted octanol–water partition coefficient (Wildman–Crippen LogP) is 1.46. The fourth-order valence-electron chi connectivity index (χ4n) is 1.75. The van der Waals surface area contributed by atoms with E-state index in [1.165, 1.54) is 10.9 Å². The molecule has 0 bridgehead atoms. The smallest absolute Gasteiger partial charge is 0.261 e. The molecule has 94 valence electrons. The van der Waals surface area contributed by atoms with Gasteiger partial charge in [-0.25, -0.2) is 18.1 Å². The molecule has 1 aliphatic rings. The minimum absolute atomic E-state index is 0.0666. The van der Waals surface area contributed by atoms with Gasteiger partial charge in [0.25, 0.3) is 10.0 Å². The molecule has 0 radical (unpaired) electrons. The number of hydrogen-bond acceptors (Lipinski definition) is 3. The Kier molecular flexibility index (Phi) is 3.56. The van der Waals surface area contributed by atoms with Gasteiger partial charge in [0.05, 0.1) is 6.33 Å². The van der Waals surface area contributed by atoms with Crippen LogP contribution in [0, 0.1) is 0 Å². The minimum atomic E-state index is -3.62. The Morgan fingerprint density at radius 1 is 1.53 bits per heavy atom. The summed E-state index contributed by atoms with van der Waals surface area (Å²) in [6, 6.07) is -0.0666. The first-order chi connectivity index (χ1) is 8.00. The lowest BCUT2D eigenvalue weighted by molar-refractivity contribution is 0.520. The molecule has 1 aromatic rings. The third-order valence-corrected chi connectivity index (χ3v) is 4.69. The molecular formula is C10H14ClN3O2S. The van der Waals surface area contributed by atoms with Gasteiger partial charge in [0.15, 0.2) is 0 Å². The van der Waals surface area contributed by atoms with E-state index in [1.807, 2.05) is 6.08 Å². The van der Waals surface area contributed by atoms with E-state index in [-0.39, 0.29) is 16.2 Å². The van der Waals surface area contributed by atoms with E-state index in [2.05, 4.69) is 15.8 Å². The maximum Gasteiger partial charge on any atom is 0.261 e. The lowest BCUT2D eigenvalue weighted by Gasteiger charge is -2.18. The van der Waals surface area contributed by atoms with Crippen molar-refractivity contribution in [2.24, 2.45) is 7.05 Å². The van der Waals surface area contributed by atoms with E-state index in [0.29, 0.717) is 6.42 Å². The van der Waals surface area contributed by atoms with Gasteiger partial charge in [-0.2, -0.15) is 0 Å². The molecular weight excluding hydrogens is 262 g/mol. The van der Waals surface area contributed by atoms with Gasteiger partial charge in [0.1, 0.15) is 5.15 Å². The van der Waals surface area contributed by atoms with Gasteiger partial charge in [-0.15, -0.1) is 0 Å². The molecule has 0 aliphatic heterocycles. The van der Waals surface area contributed by atoms with Crippen molar-refractivity contribution < 1.29 is 8.42 Å². The third kappa shape index (κ3) is 2.70. The van der Waals surface area contributed by atoms with Crippen molar-refractivity contribution in [2.75, 3.05) is 0 Å². The summed E-state index contributed by atoms with van der Waals surface area (Å²) >= 11 is 5.88. The van der Waals surface area contributed by atoms with Crippen molar-refractivity contribution in [3.05, 3.63) is 23.6 Å². The monoisotopic (exact) mass is 275 g/mol. The summed E-state index contributed by atoms with van der Waals surface area (Å²) in [6.45, 7) is 0. The van der Waals surface area contributed by atoms with Gasteiger partial charge >= 0.3 is 0 Å². The summed E-state index contributed by atoms with van der Waals surface area (Å²) in [5.74, 6) is 0. The second kappa shape index (κ2) is 4.80. The SMILES string of the molecule is Cn1cnc(S(=O)(=O)NC2CC=CCC2)c1Cl. The van der Waals surface area contributed by atoms with E-state index in [9.17, 15) is 8.42 Å². The topological polar surface area (TPSA) is 64.0 Å². The van der Waals surface area contributed by atoms with E-state index < -0.39 is 10.0 Å². The molecule has 0 saturated heterocycles. The zero-order valence-electron chi connectivity index (χ0n) is 9.43. The third-order valence-electron chi connectivity index (χ3n) is 2.68. The van der Waals surface area contributed by atoms with Crippen LogP contribution in [-0.4, -0.2) is 24.0 Å². The highest BCUT2D eigenvalue weighted by Crippen LogP contribution is 2.20. The summed E-state index contributed by atoms with van der Waals surface area (Å²) in [5.41, 5.74) is 0. The fraction of sp³-hybridized carbons (Fsp3) is 0.500. The molecule has 1 unspecified atom stereocenters. The fourth-order valence-corrected chi connectivity index (χ4v) is 3.46. The molecule has 7 heteroatoms. The van der Waals surface area contributed by atoms with Crippen LogP contribution in [0.1, 0.15) is 19.3 Å². The molecule has 0 spiro atoms. The highest BCUT2D eigenvalue weighted by atomic mass is 35.5. The second-order valence-electron chi connectivity index (χ2n) is 4.05. The number of aryl methyl sites for hydroxylation is 1. The lowest BCUT2D eigenvalue weighted by atomic mass is 10.0. The summed E-state index contributed by atoms with van der Waals surface area (Å²) < 4.78 is 28.2. The van der Waals surface area contributed by atoms with Gasteiger partial charge in [0.2, 0.25) is 5.03 Å². The Morgan fingerprint density at radius 3 is 2.82 bits per heavy atom. The van der Waals surface area contributed by atoms with Crippen LogP contribution in [-0.2, 0) is 17.1 Å². The number of nitrogens with zero attached hydrogens (tertiary/aromatic N) is 2. The Morgan fingerprint density at radius 2 is 2.29 bits per heavy atom. The van der Waals surface area contributed by atoms with Crippen LogP contribution >= 0.6 is 11.6 Å². The van der Waals surface area contributed by atoms with Gasteiger partial charge < -0.3 is 4.57 Å². The molecule has 1 heterocycles. The molecule has 1 aliphatic carbocycles. The molecule has 0 fully saturated rings. The van der Waals surface area contributed by atoms with Gasteiger partial charge in [-0.3, -0.25) is 0 Å². The van der Waals surface area contributed by atoms with Crippen LogP contribution in [0.3, 0.4) is 0 Å². The minimum Gasteiger partial charge on any atom is -0.324 e. The molecule has 0 aromatic carbocycles. The number of rotatable bonds is 3. The number of sulfonamides is 1. The molecule has 5 nitrogen and oxygen atoms in total. The zero-order chi connectivity index (χ0) is 12.5. The molecule has 1 aromatic heterocycles. The number of aromatic nitrogens is 2. The first-order valence-electron chi connectivity index (χ1n) is 5.35. The van der Waals surface area contributed by atoms with Crippen LogP contribution in [0.2, 0.25) is 5.15 Å². The van der Waals surface area contributed by atoms with Crippen molar-refractivity contribution in [1.82, 2.24) is 14.3 Å². The van der Waals surface area contributed by atoms with Crippen LogP contribution < -0.4 is 4.72 Å². The Bertz CT molecular complexity index is 536. The molecule has 17 heavy (non-hydrogen) atoms. The van der Waals surface area contributed by atoms with Crippen molar-refractivity contribution in [3.8, 4) is 0 Å². The number of imidazole rings is 1. The van der Waals surface area contributed by atoms with Crippen LogP contribution in [0.4, 0.5) is 0 Å². The van der Waals surface area contributed by atoms with Gasteiger partial charge in [-0.05, 0) is 19.3 Å². The predicted molar refractivity (Wildman–Crippen MR) is 65.3 cm³/mol. The maximum atomic E-state index is 12.0. The molecule has 1 N–H and O–H groups in total. The Hall–Kier alpha value is -0.850. The first kappa shape index (κ1) is 12.6. The van der Waals surface area contributed by atoms with E-state index in [0.717, 1.165) is 12.8 Å². The summed E-state index contributed by atoms with van der Waals surface area (Å²) in [5, 5.41) is 0.0278. The lowest BCUT2D eigenvalue weighted by Crippen LogP contribution is -2.35. The second-order valence-corrected chi connectivity index (χ2v) is 6.04. The highest BCUT2D eigenvalue weighted by molar-refractivity contribution is 7.89. The van der Waals surface area contributed by atoms with Crippen LogP contribution in [0.5, 0.6) is 0 Å². The van der Waals surface area contributed by atoms with Crippen molar-refractivity contribution in [2.45, 2.75) is 30.3 Å². The van der Waals surface area contributed by atoms with Crippen LogP contribution in [0.15, 0.2) is 23.5 Å². The molecule has 2 rings (SSSR count). The van der Waals surface area contributed by atoms with E-state index >= 15 is 0 Å². The number of nitrogens with one attached hydrogen (secondary N) is 1. The first-order valence-corrected chi connectivity index (χ1v) is 7.21. The molecule has 1 atom stereocenters. The zero-order valence-corrected chi connectivity index (χ0v) is 11.0. The Balaban J connectivity index is 2.19.